The lowest BCUT2D eigenvalue weighted by Crippen LogP contribution is -2.51. The van der Waals surface area contributed by atoms with E-state index in [-0.39, 0.29) is 12.0 Å². The average molecular weight is 689 g/mol. The molecule has 3 aromatic carbocycles. The number of fused-ring (bicyclic) bond motifs is 2. The van der Waals surface area contributed by atoms with Crippen molar-refractivity contribution in [2.45, 2.75) is 31.8 Å². The minimum absolute atomic E-state index is 0.159. The molecule has 0 amide bonds. The van der Waals surface area contributed by atoms with Crippen LogP contribution in [-0.2, 0) is 28.9 Å². The lowest BCUT2D eigenvalue weighted by molar-refractivity contribution is -0.148. The lowest BCUT2D eigenvalue weighted by atomic mass is 9.92. The molecule has 3 aliphatic rings. The number of benzene rings is 3. The van der Waals surface area contributed by atoms with Crippen LogP contribution in [-0.4, -0.2) is 80.0 Å². The van der Waals surface area contributed by atoms with Crippen LogP contribution in [0.3, 0.4) is 0 Å². The summed E-state index contributed by atoms with van der Waals surface area (Å²) in [7, 11) is 5.09. The zero-order valence-corrected chi connectivity index (χ0v) is 28.9. The predicted molar refractivity (Wildman–Crippen MR) is 188 cm³/mol. The van der Waals surface area contributed by atoms with E-state index in [2.05, 4.69) is 21.9 Å². The number of hydrogen-bond donors (Lipinski definition) is 1. The first-order valence-electron chi connectivity index (χ1n) is 16.3. The standard InChI is InChI=1S/C38H39Cl2N3O5/c1-46-15-14-42-13-12-27-24(19-42)17-31(41-37(27)48-3)30-9-5-8-29(36(30)40)28-7-4-6-26(35(28)39)23-16-22-10-11-32(34(22)33(18-23)47-2)43-20-25(21-43)38(44)45/h4-9,16-18,25,32H,10-15,19-21H2,1-3H3,(H,44,45)/t32-/m1/s1. The van der Waals surface area contributed by atoms with Crippen molar-refractivity contribution in [3.05, 3.63) is 86.9 Å². The molecule has 1 atom stereocenters. The Morgan fingerprint density at radius 2 is 1.62 bits per heavy atom. The summed E-state index contributed by atoms with van der Waals surface area (Å²) in [6.45, 7) is 4.41. The second-order valence-corrected chi connectivity index (χ2v) is 13.6. The zero-order valence-electron chi connectivity index (χ0n) is 27.4. The smallest absolute Gasteiger partial charge is 0.309 e. The second-order valence-electron chi connectivity index (χ2n) is 12.8. The summed E-state index contributed by atoms with van der Waals surface area (Å²) in [6, 6.07) is 18.5. The topological polar surface area (TPSA) is 84.4 Å². The van der Waals surface area contributed by atoms with E-state index in [4.69, 9.17) is 42.4 Å². The van der Waals surface area contributed by atoms with Crippen LogP contribution >= 0.6 is 23.2 Å². The first-order valence-corrected chi connectivity index (χ1v) is 17.1. The fourth-order valence-corrected chi connectivity index (χ4v) is 8.20. The molecule has 8 nitrogen and oxygen atoms in total. The molecule has 0 unspecified atom stereocenters. The normalized spacial score (nSPS) is 17.9. The van der Waals surface area contributed by atoms with Crippen molar-refractivity contribution >= 4 is 29.2 Å². The Labute approximate surface area is 291 Å². The Hall–Kier alpha value is -3.66. The van der Waals surface area contributed by atoms with E-state index in [1.807, 2.05) is 42.5 Å². The molecule has 10 heteroatoms. The van der Waals surface area contributed by atoms with Gasteiger partial charge in [0, 0.05) is 79.3 Å². The Balaban J connectivity index is 1.22. The molecule has 1 N–H and O–H groups in total. The maximum atomic E-state index is 11.4. The van der Waals surface area contributed by atoms with Gasteiger partial charge in [-0.05, 0) is 48.1 Å². The number of nitrogens with zero attached hydrogens (tertiary/aromatic N) is 3. The Bertz CT molecular complexity index is 1880. The van der Waals surface area contributed by atoms with Gasteiger partial charge in [0.05, 0.1) is 42.5 Å². The van der Waals surface area contributed by atoms with E-state index in [0.29, 0.717) is 35.6 Å². The van der Waals surface area contributed by atoms with Crippen LogP contribution in [0.4, 0.5) is 0 Å². The van der Waals surface area contributed by atoms with Gasteiger partial charge in [-0.1, -0.05) is 65.7 Å². The first-order chi connectivity index (χ1) is 23.3. The maximum Gasteiger partial charge on any atom is 0.309 e. The van der Waals surface area contributed by atoms with E-state index in [0.717, 1.165) is 89.3 Å². The van der Waals surface area contributed by atoms with Gasteiger partial charge >= 0.3 is 5.97 Å². The van der Waals surface area contributed by atoms with Crippen LogP contribution in [0, 0.1) is 5.92 Å². The highest BCUT2D eigenvalue weighted by Crippen LogP contribution is 2.48. The number of likely N-dealkylation sites (tertiary alicyclic amines) is 1. The summed E-state index contributed by atoms with van der Waals surface area (Å²) in [5.41, 5.74) is 9.77. The monoisotopic (exact) mass is 687 g/mol. The fourth-order valence-electron chi connectivity index (χ4n) is 7.53. The molecule has 1 aromatic heterocycles. The predicted octanol–water partition coefficient (Wildman–Crippen LogP) is 7.41. The van der Waals surface area contributed by atoms with Crippen molar-refractivity contribution in [1.82, 2.24) is 14.8 Å². The van der Waals surface area contributed by atoms with Crippen molar-refractivity contribution in [2.24, 2.45) is 5.92 Å². The molecule has 7 rings (SSSR count). The first kappa shape index (κ1) is 32.9. The van der Waals surface area contributed by atoms with Crippen molar-refractivity contribution in [1.29, 1.82) is 0 Å². The van der Waals surface area contributed by atoms with Crippen LogP contribution < -0.4 is 9.47 Å². The number of carboxylic acid groups (broad SMARTS) is 1. The lowest BCUT2D eigenvalue weighted by Gasteiger charge is -2.41. The zero-order chi connectivity index (χ0) is 33.5. The third kappa shape index (κ3) is 5.94. The largest absolute Gasteiger partial charge is 0.496 e. The molecule has 0 bridgehead atoms. The molecule has 0 saturated carbocycles. The number of halogens is 2. The Morgan fingerprint density at radius 1 is 0.917 bits per heavy atom. The summed E-state index contributed by atoms with van der Waals surface area (Å²) in [5, 5.41) is 10.6. The molecular weight excluding hydrogens is 649 g/mol. The van der Waals surface area contributed by atoms with Crippen LogP contribution in [0.15, 0.2) is 54.6 Å². The minimum atomic E-state index is -0.726. The molecular formula is C38H39Cl2N3O5. The second kappa shape index (κ2) is 13.7. The molecule has 250 valence electrons. The van der Waals surface area contributed by atoms with E-state index in [1.165, 1.54) is 11.1 Å². The fraction of sp³-hybridized carbons (Fsp3) is 0.368. The third-order valence-corrected chi connectivity index (χ3v) is 10.9. The number of ether oxygens (including phenoxy) is 3. The molecule has 0 radical (unpaired) electrons. The molecule has 1 fully saturated rings. The summed E-state index contributed by atoms with van der Waals surface area (Å²) in [6.07, 6.45) is 2.69. The highest BCUT2D eigenvalue weighted by molar-refractivity contribution is 6.39. The third-order valence-electron chi connectivity index (χ3n) is 10.1. The highest BCUT2D eigenvalue weighted by Gasteiger charge is 2.41. The van der Waals surface area contributed by atoms with Gasteiger partial charge in [-0.15, -0.1) is 0 Å². The molecule has 1 aliphatic carbocycles. The van der Waals surface area contributed by atoms with Crippen molar-refractivity contribution < 1.29 is 24.1 Å². The molecule has 3 heterocycles. The van der Waals surface area contributed by atoms with Crippen LogP contribution in [0.2, 0.25) is 10.0 Å². The van der Waals surface area contributed by atoms with E-state index >= 15 is 0 Å². The number of pyridine rings is 1. The molecule has 0 spiro atoms. The SMILES string of the molecule is COCCN1CCc2c(cc(-c3cccc(-c4cccc(-c5cc6c(c(OC)c5)[C@H](N5CC(C(=O)O)C5)CC6)c4Cl)c3Cl)nc2OC)C1. The number of rotatable bonds is 10. The number of methoxy groups -OCH3 is 3. The van der Waals surface area contributed by atoms with Gasteiger partial charge in [-0.3, -0.25) is 14.6 Å². The van der Waals surface area contributed by atoms with Gasteiger partial charge in [0.25, 0.3) is 0 Å². The van der Waals surface area contributed by atoms with Gasteiger partial charge in [0.1, 0.15) is 5.75 Å². The molecule has 48 heavy (non-hydrogen) atoms. The van der Waals surface area contributed by atoms with Gasteiger partial charge in [-0.2, -0.15) is 0 Å². The summed E-state index contributed by atoms with van der Waals surface area (Å²) in [5.74, 6) is 0.417. The van der Waals surface area contributed by atoms with Crippen LogP contribution in [0.5, 0.6) is 11.6 Å². The van der Waals surface area contributed by atoms with Gasteiger partial charge < -0.3 is 19.3 Å². The van der Waals surface area contributed by atoms with Gasteiger partial charge in [0.15, 0.2) is 0 Å². The number of aryl methyl sites for hydroxylation is 1. The van der Waals surface area contributed by atoms with Gasteiger partial charge in [-0.25, -0.2) is 4.98 Å². The van der Waals surface area contributed by atoms with E-state index in [9.17, 15) is 9.90 Å². The molecule has 4 aromatic rings. The number of hydrogen-bond acceptors (Lipinski definition) is 7. The van der Waals surface area contributed by atoms with E-state index in [1.54, 1.807) is 21.3 Å². The Kier molecular flexibility index (Phi) is 9.37. The number of aromatic nitrogens is 1. The average Bonchev–Trinajstić information content (AvgIpc) is 3.49. The maximum absolute atomic E-state index is 11.4. The van der Waals surface area contributed by atoms with Crippen molar-refractivity contribution in [2.75, 3.05) is 54.1 Å². The van der Waals surface area contributed by atoms with Crippen LogP contribution in [0.1, 0.15) is 34.7 Å². The van der Waals surface area contributed by atoms with E-state index < -0.39 is 5.97 Å². The number of carbonyl (C=O) groups is 1. The summed E-state index contributed by atoms with van der Waals surface area (Å²) < 4.78 is 17.0. The minimum Gasteiger partial charge on any atom is -0.496 e. The quantitative estimate of drug-likeness (QED) is 0.185. The molecule has 2 aliphatic heterocycles. The number of carboxylic acids is 1. The van der Waals surface area contributed by atoms with Crippen molar-refractivity contribution in [3.8, 4) is 45.1 Å². The van der Waals surface area contributed by atoms with Crippen molar-refractivity contribution in [3.63, 3.8) is 0 Å². The summed E-state index contributed by atoms with van der Waals surface area (Å²) in [4.78, 5) is 21.0. The van der Waals surface area contributed by atoms with Crippen LogP contribution in [0.25, 0.3) is 33.5 Å². The van der Waals surface area contributed by atoms with Gasteiger partial charge in [0.2, 0.25) is 5.88 Å². The molecule has 1 saturated heterocycles. The highest BCUT2D eigenvalue weighted by atomic mass is 35.5. The Morgan fingerprint density at radius 3 is 2.31 bits per heavy atom. The summed E-state index contributed by atoms with van der Waals surface area (Å²) >= 11 is 14.5. The number of aliphatic carboxylic acids is 1.